The van der Waals surface area contributed by atoms with E-state index in [4.69, 9.17) is 9.47 Å². The Morgan fingerprint density at radius 1 is 1.10 bits per heavy atom. The van der Waals surface area contributed by atoms with Crippen LogP contribution in [0.15, 0.2) is 41.3 Å². The van der Waals surface area contributed by atoms with Gasteiger partial charge in [-0.25, -0.2) is 0 Å². The van der Waals surface area contributed by atoms with Gasteiger partial charge in [0.1, 0.15) is 18.0 Å². The summed E-state index contributed by atoms with van der Waals surface area (Å²) >= 11 is 0.785. The molecule has 7 nitrogen and oxygen atoms in total. The number of carbonyl (C=O) groups is 3. The van der Waals surface area contributed by atoms with Gasteiger partial charge in [-0.2, -0.15) is 0 Å². The molecule has 2 aromatic rings. The molecule has 3 rings (SSSR count). The average Bonchev–Trinajstić information content (AvgIpc) is 2.98. The van der Waals surface area contributed by atoms with Gasteiger partial charge in [0.15, 0.2) is 0 Å². The normalized spacial score (nSPS) is 14.9. The van der Waals surface area contributed by atoms with Crippen LogP contribution in [0.3, 0.4) is 0 Å². The first-order valence-corrected chi connectivity index (χ1v) is 9.98. The number of hydrogen-bond acceptors (Lipinski definition) is 6. The molecule has 1 N–H and O–H groups in total. The standard InChI is InChI=1S/C22H22N2O5S/c1-13-5-6-14(2)17(9-13)23-20(25)12-24-21(26)19(30-22(24)27)11-15-10-16(28-3)7-8-18(15)29-4/h5-11H,12H2,1-4H3,(H,23,25)/b19-11+. The van der Waals surface area contributed by atoms with Crippen molar-refractivity contribution in [3.05, 3.63) is 58.0 Å². The number of ether oxygens (including phenoxy) is 2. The molecule has 0 saturated carbocycles. The van der Waals surface area contributed by atoms with Crippen molar-refractivity contribution < 1.29 is 23.9 Å². The number of aryl methyl sites for hydroxylation is 2. The molecule has 1 fully saturated rings. The Morgan fingerprint density at radius 2 is 1.87 bits per heavy atom. The number of methoxy groups -OCH3 is 2. The molecule has 3 amide bonds. The van der Waals surface area contributed by atoms with Crippen LogP contribution in [0.4, 0.5) is 10.5 Å². The molecule has 0 unspecified atom stereocenters. The number of imide groups is 1. The molecule has 2 aromatic carbocycles. The van der Waals surface area contributed by atoms with Gasteiger partial charge < -0.3 is 14.8 Å². The van der Waals surface area contributed by atoms with Crippen molar-refractivity contribution in [3.63, 3.8) is 0 Å². The molecule has 156 valence electrons. The highest BCUT2D eigenvalue weighted by molar-refractivity contribution is 8.18. The van der Waals surface area contributed by atoms with Gasteiger partial charge in [-0.3, -0.25) is 19.3 Å². The summed E-state index contributed by atoms with van der Waals surface area (Å²) in [5.74, 6) is 0.168. The van der Waals surface area contributed by atoms with E-state index in [1.165, 1.54) is 14.2 Å². The Kier molecular flexibility index (Phi) is 6.47. The van der Waals surface area contributed by atoms with Crippen LogP contribution >= 0.6 is 11.8 Å². The lowest BCUT2D eigenvalue weighted by atomic mass is 10.1. The lowest BCUT2D eigenvalue weighted by molar-refractivity contribution is -0.127. The number of nitrogens with zero attached hydrogens (tertiary/aromatic N) is 1. The second-order valence-electron chi connectivity index (χ2n) is 6.74. The van der Waals surface area contributed by atoms with Gasteiger partial charge in [0.25, 0.3) is 11.1 Å². The topological polar surface area (TPSA) is 84.9 Å². The summed E-state index contributed by atoms with van der Waals surface area (Å²) in [7, 11) is 3.05. The molecule has 1 saturated heterocycles. The third-order valence-electron chi connectivity index (χ3n) is 4.57. The molecule has 8 heteroatoms. The molecule has 0 bridgehead atoms. The zero-order valence-electron chi connectivity index (χ0n) is 17.1. The van der Waals surface area contributed by atoms with Crippen LogP contribution in [-0.4, -0.2) is 42.7 Å². The van der Waals surface area contributed by atoms with E-state index in [2.05, 4.69) is 5.32 Å². The number of nitrogens with one attached hydrogen (secondary N) is 1. The highest BCUT2D eigenvalue weighted by Crippen LogP contribution is 2.35. The third kappa shape index (κ3) is 4.65. The third-order valence-corrected chi connectivity index (χ3v) is 5.47. The van der Waals surface area contributed by atoms with E-state index in [0.29, 0.717) is 22.7 Å². The molecule has 0 atom stereocenters. The smallest absolute Gasteiger partial charge is 0.294 e. The number of carbonyl (C=O) groups excluding carboxylic acids is 3. The monoisotopic (exact) mass is 426 g/mol. The minimum atomic E-state index is -0.522. The van der Waals surface area contributed by atoms with Crippen LogP contribution < -0.4 is 14.8 Å². The largest absolute Gasteiger partial charge is 0.497 e. The Balaban J connectivity index is 1.77. The van der Waals surface area contributed by atoms with E-state index in [0.717, 1.165) is 27.8 Å². The molecular formula is C22H22N2O5S. The first-order chi connectivity index (χ1) is 14.3. The van der Waals surface area contributed by atoms with Crippen molar-refractivity contribution in [2.24, 2.45) is 0 Å². The van der Waals surface area contributed by atoms with Gasteiger partial charge in [0, 0.05) is 11.3 Å². The van der Waals surface area contributed by atoms with Crippen LogP contribution in [0.2, 0.25) is 0 Å². The number of benzene rings is 2. The lowest BCUT2D eigenvalue weighted by Crippen LogP contribution is -2.36. The zero-order valence-corrected chi connectivity index (χ0v) is 18.0. The molecule has 0 aliphatic carbocycles. The number of thioether (sulfide) groups is 1. The highest BCUT2D eigenvalue weighted by Gasteiger charge is 2.36. The van der Waals surface area contributed by atoms with E-state index < -0.39 is 17.1 Å². The van der Waals surface area contributed by atoms with E-state index in [9.17, 15) is 14.4 Å². The van der Waals surface area contributed by atoms with Gasteiger partial charge in [0.2, 0.25) is 5.91 Å². The van der Waals surface area contributed by atoms with E-state index in [1.54, 1.807) is 24.3 Å². The summed E-state index contributed by atoms with van der Waals surface area (Å²) < 4.78 is 10.5. The van der Waals surface area contributed by atoms with Gasteiger partial charge >= 0.3 is 0 Å². The number of hydrogen-bond donors (Lipinski definition) is 1. The van der Waals surface area contributed by atoms with Crippen LogP contribution in [0.5, 0.6) is 11.5 Å². The van der Waals surface area contributed by atoms with Crippen molar-refractivity contribution in [3.8, 4) is 11.5 Å². The van der Waals surface area contributed by atoms with Crippen LogP contribution in [0.1, 0.15) is 16.7 Å². The summed E-state index contributed by atoms with van der Waals surface area (Å²) in [4.78, 5) is 38.7. The minimum absolute atomic E-state index is 0.214. The SMILES string of the molecule is COc1ccc(OC)c(/C=C2/SC(=O)N(CC(=O)Nc3cc(C)ccc3C)C2=O)c1. The zero-order chi connectivity index (χ0) is 21.8. The van der Waals surface area contributed by atoms with Crippen molar-refractivity contribution in [1.29, 1.82) is 0 Å². The Hall–Kier alpha value is -3.26. The van der Waals surface area contributed by atoms with Crippen LogP contribution in [0.25, 0.3) is 6.08 Å². The summed E-state index contributed by atoms with van der Waals surface area (Å²) in [5.41, 5.74) is 3.15. The second-order valence-corrected chi connectivity index (χ2v) is 7.74. The molecule has 0 radical (unpaired) electrons. The summed E-state index contributed by atoms with van der Waals surface area (Å²) in [5, 5.41) is 2.27. The number of rotatable bonds is 6. The molecule has 0 aromatic heterocycles. The fraction of sp³-hybridized carbons (Fsp3) is 0.227. The Morgan fingerprint density at radius 3 is 2.57 bits per heavy atom. The van der Waals surface area contributed by atoms with Gasteiger partial charge in [-0.15, -0.1) is 0 Å². The predicted octanol–water partition coefficient (Wildman–Crippen LogP) is 4.00. The van der Waals surface area contributed by atoms with Crippen LogP contribution in [-0.2, 0) is 9.59 Å². The van der Waals surface area contributed by atoms with Gasteiger partial charge in [-0.1, -0.05) is 12.1 Å². The van der Waals surface area contributed by atoms with Crippen LogP contribution in [0, 0.1) is 13.8 Å². The van der Waals surface area contributed by atoms with Crippen molar-refractivity contribution in [2.45, 2.75) is 13.8 Å². The summed E-state index contributed by atoms with van der Waals surface area (Å²) in [6.07, 6.45) is 1.56. The number of anilines is 1. The molecule has 1 aliphatic heterocycles. The van der Waals surface area contributed by atoms with Gasteiger partial charge in [0.05, 0.1) is 19.1 Å². The Labute approximate surface area is 179 Å². The molecular weight excluding hydrogens is 404 g/mol. The maximum absolute atomic E-state index is 12.7. The fourth-order valence-corrected chi connectivity index (χ4v) is 3.76. The second kappa shape index (κ2) is 9.04. The average molecular weight is 426 g/mol. The fourth-order valence-electron chi connectivity index (χ4n) is 2.93. The lowest BCUT2D eigenvalue weighted by Gasteiger charge is -2.14. The van der Waals surface area contributed by atoms with Crippen molar-refractivity contribution in [1.82, 2.24) is 4.90 Å². The first-order valence-electron chi connectivity index (χ1n) is 9.17. The van der Waals surface area contributed by atoms with E-state index in [-0.39, 0.29) is 11.4 Å². The molecule has 30 heavy (non-hydrogen) atoms. The van der Waals surface area contributed by atoms with Gasteiger partial charge in [-0.05, 0) is 67.1 Å². The predicted molar refractivity (Wildman–Crippen MR) is 117 cm³/mol. The molecule has 1 heterocycles. The van der Waals surface area contributed by atoms with E-state index in [1.807, 2.05) is 32.0 Å². The van der Waals surface area contributed by atoms with Crippen molar-refractivity contribution >= 4 is 40.6 Å². The minimum Gasteiger partial charge on any atom is -0.497 e. The maximum Gasteiger partial charge on any atom is 0.294 e. The molecule has 1 aliphatic rings. The Bertz CT molecular complexity index is 1050. The highest BCUT2D eigenvalue weighted by atomic mass is 32.2. The van der Waals surface area contributed by atoms with E-state index >= 15 is 0 Å². The molecule has 0 spiro atoms. The quantitative estimate of drug-likeness (QED) is 0.703. The maximum atomic E-state index is 12.7. The number of amides is 3. The summed E-state index contributed by atoms with van der Waals surface area (Å²) in [6.45, 7) is 3.44. The first kappa shape index (κ1) is 21.4. The summed E-state index contributed by atoms with van der Waals surface area (Å²) in [6, 6.07) is 10.8. The van der Waals surface area contributed by atoms with Crippen molar-refractivity contribution in [2.75, 3.05) is 26.1 Å².